The zero-order valence-corrected chi connectivity index (χ0v) is 8.10. The van der Waals surface area contributed by atoms with Gasteiger partial charge < -0.3 is 9.40 Å². The Morgan fingerprint density at radius 3 is 2.29 bits per heavy atom. The SMILES string of the molecule is N#Cc1c(O)cc(Cl)c(OCl)c1C#N. The van der Waals surface area contributed by atoms with Crippen molar-refractivity contribution < 1.29 is 9.40 Å². The highest BCUT2D eigenvalue weighted by atomic mass is 35.5. The molecule has 0 aliphatic carbocycles. The van der Waals surface area contributed by atoms with Crippen molar-refractivity contribution >= 4 is 23.5 Å². The molecule has 0 amide bonds. The fraction of sp³-hybridized carbons (Fsp3) is 0. The number of nitriles is 2. The minimum absolute atomic E-state index is 0.0342. The lowest BCUT2D eigenvalue weighted by Crippen LogP contribution is -1.90. The summed E-state index contributed by atoms with van der Waals surface area (Å²) in [5.74, 6) is -0.517. The molecule has 70 valence electrons. The summed E-state index contributed by atoms with van der Waals surface area (Å²) in [6.07, 6.45) is 0. The largest absolute Gasteiger partial charge is 0.506 e. The first-order valence-electron chi connectivity index (χ1n) is 3.30. The highest BCUT2D eigenvalue weighted by Crippen LogP contribution is 2.36. The van der Waals surface area contributed by atoms with Crippen LogP contribution in [-0.2, 0) is 0 Å². The molecule has 0 aromatic heterocycles. The third-order valence-corrected chi connectivity index (χ3v) is 1.95. The van der Waals surface area contributed by atoms with E-state index in [0.29, 0.717) is 0 Å². The highest BCUT2D eigenvalue weighted by Gasteiger charge is 2.18. The van der Waals surface area contributed by atoms with Crippen LogP contribution in [0.1, 0.15) is 11.1 Å². The number of nitrogens with zero attached hydrogens (tertiary/aromatic N) is 2. The van der Waals surface area contributed by atoms with Gasteiger partial charge in [0.25, 0.3) is 0 Å². The Labute approximate surface area is 89.6 Å². The Hall–Kier alpha value is -1.62. The molecule has 0 radical (unpaired) electrons. The Balaban J connectivity index is 3.64. The van der Waals surface area contributed by atoms with Gasteiger partial charge in [0.05, 0.1) is 5.02 Å². The first kappa shape index (κ1) is 10.5. The van der Waals surface area contributed by atoms with E-state index in [1.54, 1.807) is 12.1 Å². The molecule has 0 atom stereocenters. The fourth-order valence-electron chi connectivity index (χ4n) is 0.914. The van der Waals surface area contributed by atoms with Crippen LogP contribution in [0.25, 0.3) is 0 Å². The van der Waals surface area contributed by atoms with Crippen LogP contribution in [0.2, 0.25) is 5.02 Å². The van der Waals surface area contributed by atoms with Crippen molar-refractivity contribution in [2.45, 2.75) is 0 Å². The first-order valence-corrected chi connectivity index (χ1v) is 3.98. The maximum absolute atomic E-state index is 9.27. The molecule has 0 saturated carbocycles. The van der Waals surface area contributed by atoms with Crippen LogP contribution in [0.3, 0.4) is 0 Å². The summed E-state index contributed by atoms with van der Waals surface area (Å²) in [6.45, 7) is 0. The average molecular weight is 229 g/mol. The number of phenols is 1. The average Bonchev–Trinajstić information content (AvgIpc) is 2.16. The number of rotatable bonds is 1. The van der Waals surface area contributed by atoms with Crippen molar-refractivity contribution in [3.8, 4) is 23.6 Å². The summed E-state index contributed by atoms with van der Waals surface area (Å²) in [5.41, 5.74) is -0.403. The van der Waals surface area contributed by atoms with E-state index in [0.717, 1.165) is 6.07 Å². The molecular weight excluding hydrogens is 227 g/mol. The lowest BCUT2D eigenvalue weighted by atomic mass is 10.1. The van der Waals surface area contributed by atoms with Crippen molar-refractivity contribution in [3.63, 3.8) is 0 Å². The molecule has 0 aliphatic rings. The molecule has 0 unspecified atom stereocenters. The molecule has 0 spiro atoms. The van der Waals surface area contributed by atoms with E-state index in [1.807, 2.05) is 0 Å². The summed E-state index contributed by atoms with van der Waals surface area (Å²) in [7, 11) is 0. The van der Waals surface area contributed by atoms with Gasteiger partial charge >= 0.3 is 0 Å². The summed E-state index contributed by atoms with van der Waals surface area (Å²) < 4.78 is 4.32. The van der Waals surface area contributed by atoms with Gasteiger partial charge in [0.1, 0.15) is 40.9 Å². The molecule has 1 rings (SSSR count). The first-order chi connectivity index (χ1) is 6.65. The zero-order valence-electron chi connectivity index (χ0n) is 6.58. The molecule has 0 bridgehead atoms. The summed E-state index contributed by atoms with van der Waals surface area (Å²) in [4.78, 5) is 0. The predicted octanol–water partition coefficient (Wildman–Crippen LogP) is 2.32. The summed E-state index contributed by atoms with van der Waals surface area (Å²) in [6, 6.07) is 4.40. The Morgan fingerprint density at radius 1 is 1.29 bits per heavy atom. The smallest absolute Gasteiger partial charge is 0.184 e. The van der Waals surface area contributed by atoms with Gasteiger partial charge in [-0.1, -0.05) is 11.6 Å². The van der Waals surface area contributed by atoms with Gasteiger partial charge in [-0.15, -0.1) is 0 Å². The number of halogens is 2. The number of benzene rings is 1. The Bertz CT molecular complexity index is 460. The van der Waals surface area contributed by atoms with Gasteiger partial charge in [-0.25, -0.2) is 0 Å². The van der Waals surface area contributed by atoms with Crippen LogP contribution in [0.4, 0.5) is 0 Å². The van der Waals surface area contributed by atoms with Crippen LogP contribution in [0.5, 0.6) is 11.5 Å². The fourth-order valence-corrected chi connectivity index (χ4v) is 1.35. The van der Waals surface area contributed by atoms with Gasteiger partial charge in [0, 0.05) is 6.07 Å². The summed E-state index contributed by atoms with van der Waals surface area (Å²) in [5, 5.41) is 26.6. The molecule has 1 aromatic carbocycles. The van der Waals surface area contributed by atoms with Gasteiger partial charge in [0.2, 0.25) is 0 Å². The molecule has 6 heteroatoms. The van der Waals surface area contributed by atoms with E-state index in [9.17, 15) is 5.11 Å². The lowest BCUT2D eigenvalue weighted by Gasteiger charge is -2.05. The van der Waals surface area contributed by atoms with Crippen LogP contribution in [0.15, 0.2) is 6.07 Å². The maximum atomic E-state index is 9.27. The Morgan fingerprint density at radius 2 is 1.86 bits per heavy atom. The molecule has 0 aliphatic heterocycles. The molecule has 1 aromatic rings. The lowest BCUT2D eigenvalue weighted by molar-refractivity contribution is 0.472. The molecule has 0 heterocycles. The van der Waals surface area contributed by atoms with Crippen molar-refractivity contribution in [2.75, 3.05) is 0 Å². The number of aromatic hydroxyl groups is 1. The second kappa shape index (κ2) is 4.06. The molecule has 0 saturated heterocycles. The molecule has 14 heavy (non-hydrogen) atoms. The van der Waals surface area contributed by atoms with Crippen molar-refractivity contribution in [1.82, 2.24) is 0 Å². The normalized spacial score (nSPS) is 8.86. The summed E-state index contributed by atoms with van der Waals surface area (Å²) >= 11 is 10.7. The minimum atomic E-state index is -0.383. The molecule has 1 N–H and O–H groups in total. The van der Waals surface area contributed by atoms with Crippen molar-refractivity contribution in [3.05, 3.63) is 22.2 Å². The molecule has 0 fully saturated rings. The van der Waals surface area contributed by atoms with E-state index in [4.69, 9.17) is 34.0 Å². The second-order valence-corrected chi connectivity index (χ2v) is 2.82. The second-order valence-electron chi connectivity index (χ2n) is 2.26. The van der Waals surface area contributed by atoms with Gasteiger partial charge in [0.15, 0.2) is 5.75 Å². The Kier molecular flexibility index (Phi) is 3.03. The van der Waals surface area contributed by atoms with Crippen LogP contribution >= 0.6 is 23.5 Å². The van der Waals surface area contributed by atoms with E-state index < -0.39 is 0 Å². The van der Waals surface area contributed by atoms with Crippen LogP contribution in [-0.4, -0.2) is 5.11 Å². The van der Waals surface area contributed by atoms with E-state index in [2.05, 4.69) is 4.29 Å². The van der Waals surface area contributed by atoms with Crippen molar-refractivity contribution in [1.29, 1.82) is 10.5 Å². The monoisotopic (exact) mass is 228 g/mol. The number of phenolic OH excluding ortho intramolecular Hbond substituents is 1. The van der Waals surface area contributed by atoms with E-state index >= 15 is 0 Å². The quantitative estimate of drug-likeness (QED) is 0.801. The van der Waals surface area contributed by atoms with E-state index in [-0.39, 0.29) is 27.6 Å². The minimum Gasteiger partial charge on any atom is -0.506 e. The van der Waals surface area contributed by atoms with Gasteiger partial charge in [-0.2, -0.15) is 10.5 Å². The molecule has 4 nitrogen and oxygen atoms in total. The third-order valence-electron chi connectivity index (χ3n) is 1.51. The zero-order chi connectivity index (χ0) is 10.7. The van der Waals surface area contributed by atoms with Gasteiger partial charge in [-0.05, 0) is 0 Å². The standard InChI is InChI=1S/C8H2Cl2N2O2/c9-6-1-7(13)4(2-11)5(3-12)8(6)14-10/h1,13H. The number of hydrogen-bond donors (Lipinski definition) is 1. The van der Waals surface area contributed by atoms with Gasteiger partial charge in [-0.3, -0.25) is 0 Å². The van der Waals surface area contributed by atoms with Crippen LogP contribution < -0.4 is 4.29 Å². The third kappa shape index (κ3) is 1.54. The van der Waals surface area contributed by atoms with Crippen molar-refractivity contribution in [2.24, 2.45) is 0 Å². The van der Waals surface area contributed by atoms with Crippen LogP contribution in [0, 0.1) is 22.7 Å². The predicted molar refractivity (Wildman–Crippen MR) is 49.0 cm³/mol. The maximum Gasteiger partial charge on any atom is 0.184 e. The topological polar surface area (TPSA) is 77.0 Å². The highest BCUT2D eigenvalue weighted by molar-refractivity contribution is 6.33. The molecular formula is C8H2Cl2N2O2. The number of hydrogen-bond acceptors (Lipinski definition) is 4. The van der Waals surface area contributed by atoms with E-state index in [1.165, 1.54) is 0 Å².